The molecule has 0 aromatic heterocycles. The van der Waals surface area contributed by atoms with Gasteiger partial charge in [-0.1, -0.05) is 20.8 Å². The molecule has 0 radical (unpaired) electrons. The van der Waals surface area contributed by atoms with E-state index in [1.807, 2.05) is 0 Å². The molecule has 2 amide bonds. The van der Waals surface area contributed by atoms with Crippen LogP contribution in [0, 0.1) is 5.41 Å². The molecule has 2 heterocycles. The van der Waals surface area contributed by atoms with Gasteiger partial charge in [0, 0.05) is 12.3 Å². The lowest BCUT2D eigenvalue weighted by molar-refractivity contribution is -0.173. The van der Waals surface area contributed by atoms with Gasteiger partial charge in [-0.3, -0.25) is 19.3 Å². The Kier molecular flexibility index (Phi) is 3.87. The van der Waals surface area contributed by atoms with Gasteiger partial charge < -0.3 is 5.32 Å². The second kappa shape index (κ2) is 5.04. The van der Waals surface area contributed by atoms with Gasteiger partial charge in [-0.25, -0.2) is 17.2 Å². The maximum atomic E-state index is 14.7. The highest BCUT2D eigenvalue weighted by Crippen LogP contribution is 2.48. The number of β-lactam (4-membered cyclic amide) rings is 1. The van der Waals surface area contributed by atoms with E-state index in [1.54, 1.807) is 0 Å². The molecule has 2 rings (SSSR count). The number of alkyl halides is 1. The van der Waals surface area contributed by atoms with Crippen LogP contribution in [-0.4, -0.2) is 47.3 Å². The molecule has 0 saturated carbocycles. The fraction of sp³-hybridized carbons (Fsp3) is 0.615. The first-order valence-electron chi connectivity index (χ1n) is 6.81. The molecule has 1 N–H and O–H groups in total. The molecule has 2 aliphatic rings. The highest BCUT2D eigenvalue weighted by Gasteiger charge is 2.74. The number of rotatable bonds is 2. The van der Waals surface area contributed by atoms with Gasteiger partial charge in [0.2, 0.25) is 17.2 Å². The van der Waals surface area contributed by atoms with Gasteiger partial charge in [-0.2, -0.15) is 4.39 Å². The summed E-state index contributed by atoms with van der Waals surface area (Å²) in [5.74, 6) is -11.4. The van der Waals surface area contributed by atoms with Crippen molar-refractivity contribution in [1.29, 1.82) is 0 Å². The van der Waals surface area contributed by atoms with E-state index in [9.17, 15) is 36.0 Å². The first-order chi connectivity index (χ1) is 10.7. The fourth-order valence-electron chi connectivity index (χ4n) is 2.59. The summed E-state index contributed by atoms with van der Waals surface area (Å²) in [4.78, 5) is 34.8. The zero-order valence-corrected chi connectivity index (χ0v) is 14.0. The Labute approximate surface area is 135 Å². The van der Waals surface area contributed by atoms with Gasteiger partial charge in [0.1, 0.15) is 0 Å². The standard InChI is InChI=1S/C13H15F3N2O5S/c1-5(19)17-13(16)10(21)18-9(15)6(14)7(8(20)12(2,3)4)24(22,23)11(13)18/h7,11H,1-4H3,(H,17,19)/t7?,11-,13-/m0/s1. The minimum Gasteiger partial charge on any atom is -0.314 e. The Morgan fingerprint density at radius 1 is 1.25 bits per heavy atom. The minimum atomic E-state index is -5.02. The largest absolute Gasteiger partial charge is 0.314 e. The van der Waals surface area contributed by atoms with Crippen LogP contribution in [0.25, 0.3) is 0 Å². The van der Waals surface area contributed by atoms with Crippen molar-refractivity contribution in [2.45, 2.75) is 44.1 Å². The summed E-state index contributed by atoms with van der Waals surface area (Å²) in [5.41, 5.74) is -1.38. The molecule has 1 fully saturated rings. The summed E-state index contributed by atoms with van der Waals surface area (Å²) in [6.45, 7) is 4.66. The van der Waals surface area contributed by atoms with E-state index in [0.29, 0.717) is 0 Å². The van der Waals surface area contributed by atoms with Crippen molar-refractivity contribution in [3.8, 4) is 0 Å². The Balaban J connectivity index is 2.65. The number of halogens is 3. The zero-order valence-electron chi connectivity index (χ0n) is 13.2. The summed E-state index contributed by atoms with van der Waals surface area (Å²) in [6, 6.07) is 0. The number of hydrogen-bond acceptors (Lipinski definition) is 5. The third kappa shape index (κ3) is 2.25. The predicted molar refractivity (Wildman–Crippen MR) is 74.7 cm³/mol. The van der Waals surface area contributed by atoms with Crippen molar-refractivity contribution in [2.75, 3.05) is 0 Å². The summed E-state index contributed by atoms with van der Waals surface area (Å²) < 4.78 is 67.9. The molecular formula is C13H15F3N2O5S. The highest BCUT2D eigenvalue weighted by atomic mass is 32.2. The second-order valence-electron chi connectivity index (χ2n) is 6.64. The maximum absolute atomic E-state index is 14.7. The molecule has 0 spiro atoms. The van der Waals surface area contributed by atoms with Crippen LogP contribution >= 0.6 is 0 Å². The van der Waals surface area contributed by atoms with E-state index in [0.717, 1.165) is 6.92 Å². The van der Waals surface area contributed by atoms with E-state index >= 15 is 0 Å². The lowest BCUT2D eigenvalue weighted by Crippen LogP contribution is -2.81. The quantitative estimate of drug-likeness (QED) is 0.564. The first-order valence-corrected chi connectivity index (χ1v) is 8.41. The van der Waals surface area contributed by atoms with Crippen molar-refractivity contribution in [3.05, 3.63) is 11.8 Å². The van der Waals surface area contributed by atoms with Crippen LogP contribution in [-0.2, 0) is 24.2 Å². The molecule has 24 heavy (non-hydrogen) atoms. The highest BCUT2D eigenvalue weighted by molar-refractivity contribution is 7.93. The average Bonchev–Trinajstić information content (AvgIpc) is 2.39. The summed E-state index contributed by atoms with van der Waals surface area (Å²) in [7, 11) is -5.02. The third-order valence-corrected chi connectivity index (χ3v) is 5.95. The Morgan fingerprint density at radius 3 is 2.17 bits per heavy atom. The minimum absolute atomic E-state index is 0.243. The molecule has 2 aliphatic heterocycles. The van der Waals surface area contributed by atoms with Crippen LogP contribution < -0.4 is 5.32 Å². The third-order valence-electron chi connectivity index (χ3n) is 3.72. The Hall–Kier alpha value is -1.91. The number of amides is 2. The second-order valence-corrected chi connectivity index (χ2v) is 8.74. The Bertz CT molecular complexity index is 786. The van der Waals surface area contributed by atoms with Crippen molar-refractivity contribution in [1.82, 2.24) is 10.2 Å². The van der Waals surface area contributed by atoms with Crippen LogP contribution in [0.5, 0.6) is 0 Å². The van der Waals surface area contributed by atoms with Crippen LogP contribution in [0.15, 0.2) is 11.8 Å². The van der Waals surface area contributed by atoms with Crippen LogP contribution in [0.3, 0.4) is 0 Å². The molecule has 1 saturated heterocycles. The van der Waals surface area contributed by atoms with Crippen LogP contribution in [0.1, 0.15) is 27.7 Å². The number of ketones is 1. The normalized spacial score (nSPS) is 32.1. The van der Waals surface area contributed by atoms with Crippen molar-refractivity contribution < 1.29 is 36.0 Å². The molecule has 7 nitrogen and oxygen atoms in total. The summed E-state index contributed by atoms with van der Waals surface area (Å²) >= 11 is 0. The van der Waals surface area contributed by atoms with Crippen molar-refractivity contribution >= 4 is 27.4 Å². The number of carbonyl (C=O) groups is 3. The number of carbonyl (C=O) groups excluding carboxylic acids is 3. The summed E-state index contributed by atoms with van der Waals surface area (Å²) in [6.07, 6.45) is 0. The number of nitrogens with one attached hydrogen (secondary N) is 1. The van der Waals surface area contributed by atoms with E-state index in [4.69, 9.17) is 0 Å². The fourth-order valence-corrected chi connectivity index (χ4v) is 4.98. The molecule has 0 aliphatic carbocycles. The SMILES string of the molecule is CC(=O)N[C@@]1(F)C(=O)N2C(F)=C(F)C(C(=O)C(C)(C)C)S(=O)(=O)[C@H]21. The molecule has 3 atom stereocenters. The van der Waals surface area contributed by atoms with Gasteiger partial charge in [-0.15, -0.1) is 0 Å². The molecule has 0 bridgehead atoms. The summed E-state index contributed by atoms with van der Waals surface area (Å²) in [5, 5.41) is -3.64. The van der Waals surface area contributed by atoms with E-state index in [2.05, 4.69) is 0 Å². The van der Waals surface area contributed by atoms with E-state index < -0.39 is 61.0 Å². The topological polar surface area (TPSA) is 101 Å². The van der Waals surface area contributed by atoms with Gasteiger partial charge >= 0.3 is 0 Å². The van der Waals surface area contributed by atoms with Crippen molar-refractivity contribution in [3.63, 3.8) is 0 Å². The maximum Gasteiger partial charge on any atom is 0.297 e. The van der Waals surface area contributed by atoms with Gasteiger partial charge in [-0.05, 0) is 0 Å². The smallest absolute Gasteiger partial charge is 0.297 e. The monoisotopic (exact) mass is 368 g/mol. The molecule has 0 aromatic rings. The van der Waals surface area contributed by atoms with Crippen LogP contribution in [0.2, 0.25) is 0 Å². The number of Topliss-reactive ketones (excluding diaryl/α,β-unsaturated/α-hetero) is 1. The molecule has 1 unspecified atom stereocenters. The van der Waals surface area contributed by atoms with E-state index in [-0.39, 0.29) is 4.90 Å². The number of fused-ring (bicyclic) bond motifs is 1. The first kappa shape index (κ1) is 18.4. The number of hydrogen-bond donors (Lipinski definition) is 1. The average molecular weight is 368 g/mol. The van der Waals surface area contributed by atoms with Crippen LogP contribution in [0.4, 0.5) is 13.2 Å². The van der Waals surface area contributed by atoms with Gasteiger partial charge in [0.05, 0.1) is 0 Å². The Morgan fingerprint density at radius 2 is 1.75 bits per heavy atom. The zero-order chi connectivity index (χ0) is 18.8. The lowest BCUT2D eigenvalue weighted by atomic mass is 9.88. The number of sulfone groups is 1. The molecule has 0 aromatic carbocycles. The predicted octanol–water partition coefficient (Wildman–Crippen LogP) is 0.477. The lowest BCUT2D eigenvalue weighted by Gasteiger charge is -2.51. The van der Waals surface area contributed by atoms with Gasteiger partial charge in [0.25, 0.3) is 11.7 Å². The molecule has 11 heteroatoms. The van der Waals surface area contributed by atoms with E-state index in [1.165, 1.54) is 26.1 Å². The molecule has 134 valence electrons. The van der Waals surface area contributed by atoms with Gasteiger partial charge in [0.15, 0.2) is 26.7 Å². The molecular weight excluding hydrogens is 353 g/mol. The van der Waals surface area contributed by atoms with Crippen molar-refractivity contribution in [2.24, 2.45) is 5.41 Å². The number of nitrogens with zero attached hydrogens (tertiary/aromatic N) is 1.